The van der Waals surface area contributed by atoms with E-state index in [1.54, 1.807) is 0 Å². The van der Waals surface area contributed by atoms with Crippen molar-refractivity contribution in [2.75, 3.05) is 39.7 Å². The Bertz CT molecular complexity index is 1030. The number of rotatable bonds is 4. The lowest BCUT2D eigenvalue weighted by atomic mass is 10.4. The molecular weight excluding hydrogens is 282 g/mol. The van der Waals surface area contributed by atoms with E-state index in [0.29, 0.717) is 4.57 Å². The summed E-state index contributed by atoms with van der Waals surface area (Å²) in [6.07, 6.45) is 0.769. The van der Waals surface area contributed by atoms with Crippen LogP contribution in [0.4, 0.5) is 0 Å². The molecule has 0 saturated carbocycles. The second-order valence-electron chi connectivity index (χ2n) is 3.38. The Morgan fingerprint density at radius 3 is 3.00 bits per heavy atom. The molecule has 0 atom stereocenters. The fourth-order valence-corrected chi connectivity index (χ4v) is 1.60. The Hall–Kier alpha value is -1.44. The second kappa shape index (κ2) is 5.90. The van der Waals surface area contributed by atoms with Gasteiger partial charge in [0.25, 0.3) is 0 Å². The first-order chi connectivity index (χ1) is 14.3. The fraction of sp³-hybridized carbons (Fsp3) is 0.583. The van der Waals surface area contributed by atoms with Crippen LogP contribution in [0.5, 0.6) is 5.88 Å². The maximum Gasteiger partial charge on any atom is 0.244 e. The summed E-state index contributed by atoms with van der Waals surface area (Å²) in [6, 6.07) is 0. The highest BCUT2D eigenvalue weighted by Gasteiger charge is 2.15. The first kappa shape index (κ1) is 5.40. The van der Waals surface area contributed by atoms with Crippen LogP contribution in [0, 0.1) is 0 Å². The van der Waals surface area contributed by atoms with Crippen molar-refractivity contribution < 1.29 is 25.9 Å². The number of hydrogen-bond acceptors (Lipinski definition) is 6. The van der Waals surface area contributed by atoms with Gasteiger partial charge in [-0.25, -0.2) is 4.98 Å². The Kier molecular flexibility index (Phi) is 1.59. The molecule has 7 nitrogen and oxygen atoms in total. The molecule has 0 amide bonds. The summed E-state index contributed by atoms with van der Waals surface area (Å²) in [4.78, 5) is 10.8. The lowest BCUT2D eigenvalue weighted by Gasteiger charge is -2.26. The molecule has 2 aromatic heterocycles. The van der Waals surface area contributed by atoms with E-state index in [2.05, 4.69) is 19.7 Å². The second-order valence-corrected chi connectivity index (χ2v) is 3.72. The number of morpholine rings is 1. The van der Waals surface area contributed by atoms with Gasteiger partial charge in [-0.3, -0.25) is 4.90 Å². The van der Waals surface area contributed by atoms with E-state index in [1.807, 2.05) is 0 Å². The highest BCUT2D eigenvalue weighted by atomic mass is 35.5. The smallest absolute Gasteiger partial charge is 0.244 e. The van der Waals surface area contributed by atoms with Crippen LogP contribution in [-0.2, 0) is 11.2 Å². The molecule has 0 spiro atoms. The molecule has 0 aromatic carbocycles. The van der Waals surface area contributed by atoms with Crippen LogP contribution in [0.25, 0.3) is 11.2 Å². The monoisotopic (exact) mass is 309 g/mol. The van der Waals surface area contributed by atoms with Crippen molar-refractivity contribution in [2.24, 2.45) is 0 Å². The highest BCUT2D eigenvalue weighted by molar-refractivity contribution is 6.28. The number of fused-ring (bicyclic) bond motifs is 1. The average Bonchev–Trinajstić information content (AvgIpc) is 3.02. The molecule has 108 valence electrons. The van der Waals surface area contributed by atoms with Crippen molar-refractivity contribution in [3.63, 3.8) is 0 Å². The van der Waals surface area contributed by atoms with Crippen molar-refractivity contribution in [1.82, 2.24) is 24.4 Å². The lowest BCUT2D eigenvalue weighted by Crippen LogP contribution is -2.38. The third kappa shape index (κ3) is 2.70. The third-order valence-corrected chi connectivity index (χ3v) is 2.40. The van der Waals surface area contributed by atoms with E-state index in [0.717, 1.165) is 13.4 Å². The minimum absolute atomic E-state index is 0.222. The van der Waals surface area contributed by atoms with Crippen LogP contribution in [-0.4, -0.2) is 64.1 Å². The summed E-state index contributed by atoms with van der Waals surface area (Å²) >= 11 is 5.75. The van der Waals surface area contributed by atoms with E-state index in [-0.39, 0.29) is 22.3 Å². The van der Waals surface area contributed by atoms with Gasteiger partial charge in [-0.1, -0.05) is 0 Å². The minimum Gasteiger partial charge on any atom is -0.479 e. The van der Waals surface area contributed by atoms with Crippen molar-refractivity contribution in [1.29, 1.82) is 0 Å². The molecule has 1 aliphatic rings. The number of hydrogen-bond donors (Lipinski definition) is 0. The first-order valence-electron chi connectivity index (χ1n) is 11.2. The molecule has 0 unspecified atom stereocenters. The van der Waals surface area contributed by atoms with Crippen LogP contribution < -0.4 is 4.74 Å². The van der Waals surface area contributed by atoms with E-state index < -0.39 is 44.0 Å². The van der Waals surface area contributed by atoms with Gasteiger partial charge in [-0.15, -0.1) is 0 Å². The van der Waals surface area contributed by atoms with Crippen molar-refractivity contribution in [2.45, 2.75) is 6.50 Å². The summed E-state index contributed by atoms with van der Waals surface area (Å²) < 4.78 is 107. The molecule has 3 rings (SSSR count). The van der Waals surface area contributed by atoms with E-state index >= 15 is 0 Å². The van der Waals surface area contributed by atoms with Gasteiger partial charge in [0.1, 0.15) is 0 Å². The van der Waals surface area contributed by atoms with Crippen LogP contribution in [0.1, 0.15) is 16.4 Å². The molecule has 0 bridgehead atoms. The van der Waals surface area contributed by atoms with E-state index in [1.165, 1.54) is 0 Å². The van der Waals surface area contributed by atoms with Gasteiger partial charge in [-0.05, 0) is 11.6 Å². The molecule has 1 fully saturated rings. The molecule has 8 heteroatoms. The maximum absolute atomic E-state index is 8.45. The zero-order valence-corrected chi connectivity index (χ0v) is 10.8. The number of nitrogens with zero attached hydrogens (tertiary/aromatic N) is 5. The molecule has 0 aliphatic carbocycles. The van der Waals surface area contributed by atoms with Gasteiger partial charge in [0.15, 0.2) is 11.2 Å². The number of ether oxygens (including phenoxy) is 2. The summed E-state index contributed by atoms with van der Waals surface area (Å²) in [6.45, 7) is -21.7. The SMILES string of the molecule is [2H]C1([2H])OC([2H])([2H])C([2H])([2H])N(C([2H])([2H])C([2H])([2H])n2cnc3nc(Cl)nc(OC)c32)C1([2H])[2H]. The predicted molar refractivity (Wildman–Crippen MR) is 74.1 cm³/mol. The van der Waals surface area contributed by atoms with Crippen LogP contribution in [0.2, 0.25) is 5.28 Å². The van der Waals surface area contributed by atoms with E-state index in [9.17, 15) is 0 Å². The molecule has 0 radical (unpaired) electrons. The molecular formula is C12H16ClN5O2. The molecule has 0 N–H and O–H groups in total. The topological polar surface area (TPSA) is 65.3 Å². The normalized spacial score (nSPS) is 37.1. The number of aryl methyl sites for hydroxylation is 1. The van der Waals surface area contributed by atoms with Crippen LogP contribution in [0.3, 0.4) is 0 Å². The minimum atomic E-state index is -3.76. The van der Waals surface area contributed by atoms with Crippen LogP contribution >= 0.6 is 11.6 Å². The van der Waals surface area contributed by atoms with Crippen molar-refractivity contribution in [3.8, 4) is 5.88 Å². The first-order valence-corrected chi connectivity index (χ1v) is 5.59. The van der Waals surface area contributed by atoms with Gasteiger partial charge >= 0.3 is 0 Å². The Balaban J connectivity index is 2.29. The quantitative estimate of drug-likeness (QED) is 0.779. The predicted octanol–water partition coefficient (Wildman–Crippen LogP) is 0.820. The Morgan fingerprint density at radius 2 is 2.25 bits per heavy atom. The maximum atomic E-state index is 8.45. The van der Waals surface area contributed by atoms with Gasteiger partial charge < -0.3 is 14.0 Å². The van der Waals surface area contributed by atoms with Crippen molar-refractivity contribution >= 4 is 22.8 Å². The van der Waals surface area contributed by atoms with Crippen molar-refractivity contribution in [3.05, 3.63) is 11.6 Å². The summed E-state index contributed by atoms with van der Waals surface area (Å²) in [5.74, 6) is -0.323. The largest absolute Gasteiger partial charge is 0.479 e. The average molecular weight is 310 g/mol. The van der Waals surface area contributed by atoms with E-state index in [4.69, 9.17) is 32.8 Å². The summed E-state index contributed by atoms with van der Waals surface area (Å²) in [7, 11) is 1.15. The molecule has 2 aromatic rings. The number of halogens is 1. The summed E-state index contributed by atoms with van der Waals surface area (Å²) in [5, 5.41) is -0.314. The number of methoxy groups -OCH3 is 1. The third-order valence-electron chi connectivity index (χ3n) is 2.24. The molecule has 1 saturated heterocycles. The Morgan fingerprint density at radius 1 is 1.45 bits per heavy atom. The van der Waals surface area contributed by atoms with Gasteiger partial charge in [-0.2, -0.15) is 9.97 Å². The molecule has 3 heterocycles. The van der Waals surface area contributed by atoms with Gasteiger partial charge in [0.2, 0.25) is 11.2 Å². The lowest BCUT2D eigenvalue weighted by molar-refractivity contribution is 0.0365. The molecule has 20 heavy (non-hydrogen) atoms. The van der Waals surface area contributed by atoms with Crippen LogP contribution in [0.15, 0.2) is 6.33 Å². The van der Waals surface area contributed by atoms with Gasteiger partial charge in [0.05, 0.1) is 34.8 Å². The fourth-order valence-electron chi connectivity index (χ4n) is 1.45. The van der Waals surface area contributed by atoms with Gasteiger partial charge in [0, 0.05) is 34.2 Å². The highest BCUT2D eigenvalue weighted by Crippen LogP contribution is 2.23. The summed E-state index contributed by atoms with van der Waals surface area (Å²) in [5.41, 5.74) is -0.536. The zero-order chi connectivity index (χ0) is 24.7. The molecule has 1 aliphatic heterocycles. The standard InChI is InChI=1S/C12H16ClN5O2/c1-19-11-9-10(15-12(13)16-11)14-8-18(9)3-2-17-4-6-20-7-5-17/h8H,2-7H2,1H3/i2D2,3D2,4D2,5D2,6D2,7D2. The zero-order valence-electron chi connectivity index (χ0n) is 22.0. The number of imidazole rings is 1. The Labute approximate surface area is 138 Å². The number of aromatic nitrogens is 4.